The molecule has 6 heteroatoms. The van der Waals surface area contributed by atoms with Gasteiger partial charge in [0.15, 0.2) is 5.82 Å². The number of H-pyrrole nitrogens is 1. The molecule has 1 N–H and O–H groups in total. The monoisotopic (exact) mass is 199 g/mol. The third-order valence-electron chi connectivity index (χ3n) is 1.74. The van der Waals surface area contributed by atoms with E-state index in [0.717, 1.165) is 0 Å². The first kappa shape index (κ1) is 9.02. The van der Waals surface area contributed by atoms with Gasteiger partial charge in [-0.1, -0.05) is 0 Å². The van der Waals surface area contributed by atoms with E-state index < -0.39 is 5.56 Å². The van der Waals surface area contributed by atoms with E-state index in [9.17, 15) is 4.79 Å². The fraction of sp³-hybridized carbons (Fsp3) is 0. The summed E-state index contributed by atoms with van der Waals surface area (Å²) in [6, 6.07) is 3.35. The zero-order valence-corrected chi connectivity index (χ0v) is 7.51. The molecular formula is C9H5N5O. The van der Waals surface area contributed by atoms with Gasteiger partial charge in [0.1, 0.15) is 23.7 Å². The minimum absolute atomic E-state index is 0.0205. The summed E-state index contributed by atoms with van der Waals surface area (Å²) in [7, 11) is 0. The van der Waals surface area contributed by atoms with E-state index in [1.165, 1.54) is 12.5 Å². The minimum Gasteiger partial charge on any atom is -0.304 e. The summed E-state index contributed by atoms with van der Waals surface area (Å²) < 4.78 is 0. The van der Waals surface area contributed by atoms with Crippen LogP contribution in [0.25, 0.3) is 11.5 Å². The van der Waals surface area contributed by atoms with Gasteiger partial charge in [0, 0.05) is 6.20 Å². The van der Waals surface area contributed by atoms with Crippen molar-refractivity contribution >= 4 is 0 Å². The maximum atomic E-state index is 11.3. The van der Waals surface area contributed by atoms with Crippen LogP contribution < -0.4 is 5.56 Å². The predicted octanol–water partition coefficient (Wildman–Crippen LogP) is 0.0986. The molecule has 0 aliphatic rings. The zero-order valence-electron chi connectivity index (χ0n) is 7.51. The van der Waals surface area contributed by atoms with Gasteiger partial charge in [0.05, 0.1) is 6.20 Å². The van der Waals surface area contributed by atoms with Crippen LogP contribution in [0.3, 0.4) is 0 Å². The van der Waals surface area contributed by atoms with Gasteiger partial charge >= 0.3 is 0 Å². The fourth-order valence-electron chi connectivity index (χ4n) is 1.04. The highest BCUT2D eigenvalue weighted by Gasteiger charge is 2.04. The molecule has 0 aliphatic heterocycles. The maximum Gasteiger partial charge on any atom is 0.269 e. The van der Waals surface area contributed by atoms with Crippen molar-refractivity contribution in [1.82, 2.24) is 19.9 Å². The minimum atomic E-state index is -0.471. The Morgan fingerprint density at radius 1 is 1.40 bits per heavy atom. The normalized spacial score (nSPS) is 9.53. The van der Waals surface area contributed by atoms with Crippen LogP contribution in [0.4, 0.5) is 0 Å². The van der Waals surface area contributed by atoms with E-state index in [1.54, 1.807) is 18.3 Å². The maximum absolute atomic E-state index is 11.3. The number of nitrogens with zero attached hydrogens (tertiary/aromatic N) is 4. The Morgan fingerprint density at radius 3 is 2.87 bits per heavy atom. The lowest BCUT2D eigenvalue weighted by atomic mass is 10.3. The molecule has 0 saturated carbocycles. The first-order chi connectivity index (χ1) is 7.31. The Hall–Kier alpha value is -2.55. The van der Waals surface area contributed by atoms with Crippen LogP contribution in [0.2, 0.25) is 0 Å². The van der Waals surface area contributed by atoms with Crippen molar-refractivity contribution < 1.29 is 0 Å². The van der Waals surface area contributed by atoms with Gasteiger partial charge < -0.3 is 4.98 Å². The summed E-state index contributed by atoms with van der Waals surface area (Å²) in [4.78, 5) is 25.3. The Balaban J connectivity index is 2.54. The summed E-state index contributed by atoms with van der Waals surface area (Å²) in [5.41, 5.74) is 0.0144. The van der Waals surface area contributed by atoms with Gasteiger partial charge in [-0.3, -0.25) is 4.79 Å². The Bertz CT molecular complexity index is 569. The Kier molecular flexibility index (Phi) is 2.21. The third-order valence-corrected chi connectivity index (χ3v) is 1.74. The molecule has 0 bridgehead atoms. The van der Waals surface area contributed by atoms with Crippen molar-refractivity contribution in [1.29, 1.82) is 5.26 Å². The highest BCUT2D eigenvalue weighted by molar-refractivity contribution is 5.47. The molecule has 0 amide bonds. The van der Waals surface area contributed by atoms with E-state index in [0.29, 0.717) is 11.5 Å². The number of hydrogen-bond acceptors (Lipinski definition) is 5. The molecule has 2 aromatic rings. The number of nitrogens with one attached hydrogen (secondary N) is 1. The summed E-state index contributed by atoms with van der Waals surface area (Å²) in [5, 5.41) is 8.54. The molecule has 6 nitrogen and oxygen atoms in total. The first-order valence-corrected chi connectivity index (χ1v) is 4.07. The summed E-state index contributed by atoms with van der Waals surface area (Å²) in [5.74, 6) is 0.321. The van der Waals surface area contributed by atoms with Gasteiger partial charge in [0.25, 0.3) is 5.56 Å². The summed E-state index contributed by atoms with van der Waals surface area (Å²) in [6.07, 6.45) is 4.12. The van der Waals surface area contributed by atoms with Gasteiger partial charge in [-0.15, -0.1) is 0 Å². The SMILES string of the molecule is N#Cc1cnc(-c2ccncn2)[nH]c1=O. The van der Waals surface area contributed by atoms with Crippen LogP contribution in [-0.4, -0.2) is 19.9 Å². The van der Waals surface area contributed by atoms with Gasteiger partial charge in [-0.25, -0.2) is 15.0 Å². The molecule has 2 rings (SSSR count). The summed E-state index contributed by atoms with van der Waals surface area (Å²) in [6.45, 7) is 0. The average molecular weight is 199 g/mol. The molecule has 2 aromatic heterocycles. The molecule has 0 aromatic carbocycles. The van der Waals surface area contributed by atoms with Crippen molar-refractivity contribution in [2.45, 2.75) is 0 Å². The molecule has 0 radical (unpaired) electrons. The van der Waals surface area contributed by atoms with E-state index in [2.05, 4.69) is 19.9 Å². The molecule has 0 aliphatic carbocycles. The van der Waals surface area contributed by atoms with E-state index in [-0.39, 0.29) is 5.56 Å². The Labute approximate surface area is 84.3 Å². The standard InChI is InChI=1S/C9H5N5O/c10-3-6-4-12-8(14-9(6)15)7-1-2-11-5-13-7/h1-2,4-5H,(H,12,14,15). The van der Waals surface area contributed by atoms with Crippen LogP contribution in [0.15, 0.2) is 29.6 Å². The molecule has 0 fully saturated rings. The number of nitriles is 1. The van der Waals surface area contributed by atoms with Gasteiger partial charge in [-0.05, 0) is 6.07 Å². The molecule has 0 atom stereocenters. The third kappa shape index (κ3) is 1.71. The van der Waals surface area contributed by atoms with Crippen molar-refractivity contribution in [3.8, 4) is 17.6 Å². The highest BCUT2D eigenvalue weighted by Crippen LogP contribution is 2.06. The van der Waals surface area contributed by atoms with E-state index >= 15 is 0 Å². The highest BCUT2D eigenvalue weighted by atomic mass is 16.1. The quantitative estimate of drug-likeness (QED) is 0.702. The second-order valence-electron chi connectivity index (χ2n) is 2.68. The van der Waals surface area contributed by atoms with Crippen LogP contribution in [0.1, 0.15) is 5.56 Å². The summed E-state index contributed by atoms with van der Waals surface area (Å²) >= 11 is 0. The molecular weight excluding hydrogens is 194 g/mol. The van der Waals surface area contributed by atoms with Crippen molar-refractivity contribution in [2.24, 2.45) is 0 Å². The molecule has 72 valence electrons. The van der Waals surface area contributed by atoms with Crippen molar-refractivity contribution in [3.63, 3.8) is 0 Å². The van der Waals surface area contributed by atoms with Crippen LogP contribution in [-0.2, 0) is 0 Å². The van der Waals surface area contributed by atoms with Crippen LogP contribution in [0.5, 0.6) is 0 Å². The largest absolute Gasteiger partial charge is 0.304 e. The molecule has 0 unspecified atom stereocenters. The molecule has 0 spiro atoms. The smallest absolute Gasteiger partial charge is 0.269 e. The lowest BCUT2D eigenvalue weighted by Crippen LogP contribution is -2.12. The van der Waals surface area contributed by atoms with Crippen LogP contribution >= 0.6 is 0 Å². The number of hydrogen-bond donors (Lipinski definition) is 1. The molecule has 15 heavy (non-hydrogen) atoms. The van der Waals surface area contributed by atoms with Crippen molar-refractivity contribution in [3.05, 3.63) is 40.7 Å². The Morgan fingerprint density at radius 2 is 2.27 bits per heavy atom. The van der Waals surface area contributed by atoms with Gasteiger partial charge in [-0.2, -0.15) is 5.26 Å². The van der Waals surface area contributed by atoms with E-state index in [1.807, 2.05) is 0 Å². The second kappa shape index (κ2) is 3.67. The lowest BCUT2D eigenvalue weighted by Gasteiger charge is -1.97. The number of rotatable bonds is 1. The van der Waals surface area contributed by atoms with Crippen molar-refractivity contribution in [2.75, 3.05) is 0 Å². The average Bonchev–Trinajstić information content (AvgIpc) is 2.30. The van der Waals surface area contributed by atoms with E-state index in [4.69, 9.17) is 5.26 Å². The first-order valence-electron chi connectivity index (χ1n) is 4.07. The van der Waals surface area contributed by atoms with Gasteiger partial charge in [0.2, 0.25) is 0 Å². The molecule has 2 heterocycles. The zero-order chi connectivity index (χ0) is 10.7. The lowest BCUT2D eigenvalue weighted by molar-refractivity contribution is 1.07. The second-order valence-corrected chi connectivity index (χ2v) is 2.68. The van der Waals surface area contributed by atoms with Crippen LogP contribution in [0, 0.1) is 11.3 Å². The fourth-order valence-corrected chi connectivity index (χ4v) is 1.04. The number of aromatic amines is 1. The molecule has 0 saturated heterocycles. The predicted molar refractivity (Wildman–Crippen MR) is 50.6 cm³/mol. The topological polar surface area (TPSA) is 95.3 Å². The number of aromatic nitrogens is 4.